The maximum Gasteiger partial charge on any atom is 0.253 e. The molecule has 0 spiro atoms. The van der Waals surface area contributed by atoms with Crippen LogP contribution < -0.4 is 16.0 Å². The number of anilines is 2. The summed E-state index contributed by atoms with van der Waals surface area (Å²) in [5.74, 6) is -0.0273. The average Bonchev–Trinajstić information content (AvgIpc) is 2.47. The quantitative estimate of drug-likeness (QED) is 0.720. The molecule has 0 bridgehead atoms. The lowest BCUT2D eigenvalue weighted by Crippen LogP contribution is -2.41. The molecule has 6 heteroatoms. The van der Waals surface area contributed by atoms with E-state index in [1.807, 2.05) is 24.3 Å². The molecule has 1 aliphatic rings. The van der Waals surface area contributed by atoms with Gasteiger partial charge in [0.2, 0.25) is 0 Å². The number of carbonyl (C=O) groups is 1. The Hall–Kier alpha value is -2.05. The minimum atomic E-state index is -0.625. The molecule has 1 unspecified atom stereocenters. The van der Waals surface area contributed by atoms with Crippen LogP contribution >= 0.6 is 0 Å². The second-order valence-corrected chi connectivity index (χ2v) is 4.48. The van der Waals surface area contributed by atoms with E-state index in [2.05, 4.69) is 5.32 Å². The molecule has 1 aliphatic heterocycles. The lowest BCUT2D eigenvalue weighted by atomic mass is 10.2. The van der Waals surface area contributed by atoms with E-state index >= 15 is 0 Å². The number of aliphatic hydroxyl groups excluding tert-OH is 1. The summed E-state index contributed by atoms with van der Waals surface area (Å²) in [5.41, 5.74) is 6.92. The molecule has 1 fully saturated rings. The lowest BCUT2D eigenvalue weighted by molar-refractivity contribution is -0.125. The summed E-state index contributed by atoms with van der Waals surface area (Å²) in [6, 6.07) is 7.49. The molecule has 108 valence electrons. The Labute approximate surface area is 117 Å². The van der Waals surface area contributed by atoms with Crippen LogP contribution in [-0.4, -0.2) is 43.4 Å². The second kappa shape index (κ2) is 6.93. The fraction of sp³-hybridized carbons (Fsp3) is 0.357. The zero-order valence-electron chi connectivity index (χ0n) is 11.2. The van der Waals surface area contributed by atoms with Crippen molar-refractivity contribution < 1.29 is 14.6 Å². The zero-order valence-corrected chi connectivity index (χ0v) is 11.2. The van der Waals surface area contributed by atoms with Crippen LogP contribution in [0.5, 0.6) is 0 Å². The topological polar surface area (TPSA) is 87.8 Å². The summed E-state index contributed by atoms with van der Waals surface area (Å²) in [6.45, 7) is 1.65. The first-order valence-corrected chi connectivity index (χ1v) is 6.49. The summed E-state index contributed by atoms with van der Waals surface area (Å²) in [5, 5.41) is 12.6. The van der Waals surface area contributed by atoms with Crippen LogP contribution in [0.25, 0.3) is 0 Å². The van der Waals surface area contributed by atoms with E-state index in [0.29, 0.717) is 19.7 Å². The number of morpholine rings is 1. The van der Waals surface area contributed by atoms with Gasteiger partial charge >= 0.3 is 0 Å². The first kappa shape index (κ1) is 14.4. The summed E-state index contributed by atoms with van der Waals surface area (Å²) in [4.78, 5) is 13.4. The molecule has 1 aromatic carbocycles. The molecule has 20 heavy (non-hydrogen) atoms. The molecule has 1 aromatic rings. The predicted octanol–water partition coefficient (Wildman–Crippen LogP) is 0.295. The number of benzene rings is 1. The highest BCUT2D eigenvalue weighted by Gasteiger charge is 2.19. The Kier molecular flexibility index (Phi) is 4.97. The number of amides is 1. The Balaban J connectivity index is 1.94. The number of hydrogen-bond acceptors (Lipinski definition) is 5. The predicted molar refractivity (Wildman–Crippen MR) is 77.4 cm³/mol. The molecule has 1 saturated heterocycles. The third-order valence-corrected chi connectivity index (χ3v) is 3.01. The van der Waals surface area contributed by atoms with Gasteiger partial charge in [-0.3, -0.25) is 4.79 Å². The first-order valence-electron chi connectivity index (χ1n) is 6.49. The molecule has 0 radical (unpaired) electrons. The van der Waals surface area contributed by atoms with Crippen molar-refractivity contribution in [2.75, 3.05) is 36.5 Å². The van der Waals surface area contributed by atoms with E-state index in [-0.39, 0.29) is 12.5 Å². The summed E-state index contributed by atoms with van der Waals surface area (Å²) >= 11 is 0. The van der Waals surface area contributed by atoms with Gasteiger partial charge in [-0.05, 0) is 36.5 Å². The van der Waals surface area contributed by atoms with Gasteiger partial charge < -0.3 is 25.8 Å². The number of hydrogen-bond donors (Lipinski definition) is 3. The second-order valence-electron chi connectivity index (χ2n) is 4.48. The van der Waals surface area contributed by atoms with Gasteiger partial charge in [-0.1, -0.05) is 0 Å². The Morgan fingerprint density at radius 3 is 2.85 bits per heavy atom. The number of rotatable bonds is 5. The van der Waals surface area contributed by atoms with Crippen LogP contribution in [0.4, 0.5) is 11.4 Å². The number of aliphatic hydroxyl groups is 1. The van der Waals surface area contributed by atoms with E-state index < -0.39 is 6.10 Å². The largest absolute Gasteiger partial charge is 0.405 e. The van der Waals surface area contributed by atoms with Crippen molar-refractivity contribution in [2.24, 2.45) is 5.73 Å². The molecule has 0 aliphatic carbocycles. The smallest absolute Gasteiger partial charge is 0.253 e. The van der Waals surface area contributed by atoms with Crippen molar-refractivity contribution in [3.05, 3.63) is 36.5 Å². The van der Waals surface area contributed by atoms with Crippen molar-refractivity contribution >= 4 is 17.3 Å². The van der Waals surface area contributed by atoms with E-state index in [9.17, 15) is 9.90 Å². The number of nitrogens with zero attached hydrogens (tertiary/aromatic N) is 1. The molecule has 1 amide bonds. The molecule has 4 N–H and O–H groups in total. The summed E-state index contributed by atoms with van der Waals surface area (Å²) < 4.78 is 5.10. The number of ether oxygens (including phenoxy) is 1. The van der Waals surface area contributed by atoms with Crippen LogP contribution in [0.2, 0.25) is 0 Å². The van der Waals surface area contributed by atoms with Gasteiger partial charge in [0.1, 0.15) is 6.61 Å². The maximum absolute atomic E-state index is 11.7. The number of nitrogens with one attached hydrogen (secondary N) is 1. The van der Waals surface area contributed by atoms with Crippen molar-refractivity contribution in [1.29, 1.82) is 0 Å². The highest BCUT2D eigenvalue weighted by Crippen LogP contribution is 2.19. The molecular weight excluding hydrogens is 258 g/mol. The molecule has 6 nitrogen and oxygen atoms in total. The van der Waals surface area contributed by atoms with Crippen molar-refractivity contribution in [2.45, 2.75) is 6.10 Å². The van der Waals surface area contributed by atoms with Crippen molar-refractivity contribution in [3.63, 3.8) is 0 Å². The molecule has 0 aromatic heterocycles. The maximum atomic E-state index is 11.7. The minimum Gasteiger partial charge on any atom is -0.405 e. The van der Waals surface area contributed by atoms with Crippen LogP contribution in [0.1, 0.15) is 0 Å². The highest BCUT2D eigenvalue weighted by atomic mass is 16.5. The fourth-order valence-corrected chi connectivity index (χ4v) is 1.97. The molecule has 0 saturated carbocycles. The van der Waals surface area contributed by atoms with Crippen LogP contribution in [0.3, 0.4) is 0 Å². The fourth-order valence-electron chi connectivity index (χ4n) is 1.97. The van der Waals surface area contributed by atoms with Gasteiger partial charge in [0.15, 0.2) is 0 Å². The Bertz CT molecular complexity index is 473. The minimum absolute atomic E-state index is 0.0273. The van der Waals surface area contributed by atoms with Gasteiger partial charge in [0, 0.05) is 24.5 Å². The molecule has 1 heterocycles. The standard InChI is InChI=1S/C14H19N3O3/c15-6-5-13(18)9-16-11-1-3-12(4-2-11)17-7-8-20-10-14(17)19/h1-6,13,16,18H,7-10,15H2. The molecular formula is C14H19N3O3. The van der Waals surface area contributed by atoms with E-state index in [4.69, 9.17) is 10.5 Å². The van der Waals surface area contributed by atoms with Gasteiger partial charge in [-0.15, -0.1) is 0 Å². The Morgan fingerprint density at radius 1 is 1.45 bits per heavy atom. The number of nitrogens with two attached hydrogens (primary N) is 1. The van der Waals surface area contributed by atoms with Crippen molar-refractivity contribution in [3.8, 4) is 0 Å². The molecule has 2 rings (SSSR count). The zero-order chi connectivity index (χ0) is 14.4. The summed E-state index contributed by atoms with van der Waals surface area (Å²) in [6.07, 6.45) is 2.20. The number of carbonyl (C=O) groups excluding carboxylic acids is 1. The third-order valence-electron chi connectivity index (χ3n) is 3.01. The summed E-state index contributed by atoms with van der Waals surface area (Å²) in [7, 11) is 0. The lowest BCUT2D eigenvalue weighted by Gasteiger charge is -2.27. The normalized spacial score (nSPS) is 17.4. The van der Waals surface area contributed by atoms with E-state index in [1.54, 1.807) is 4.90 Å². The first-order chi connectivity index (χ1) is 9.70. The van der Waals surface area contributed by atoms with Gasteiger partial charge in [-0.25, -0.2) is 0 Å². The van der Waals surface area contributed by atoms with Gasteiger partial charge in [0.05, 0.1) is 12.7 Å². The Morgan fingerprint density at radius 2 is 2.20 bits per heavy atom. The van der Waals surface area contributed by atoms with Crippen molar-refractivity contribution in [1.82, 2.24) is 0 Å². The third kappa shape index (κ3) is 3.72. The SMILES string of the molecule is NC=CC(O)CNc1ccc(N2CCOCC2=O)cc1. The van der Waals surface area contributed by atoms with Crippen LogP contribution in [-0.2, 0) is 9.53 Å². The van der Waals surface area contributed by atoms with Gasteiger partial charge in [0.25, 0.3) is 5.91 Å². The van der Waals surface area contributed by atoms with Gasteiger partial charge in [-0.2, -0.15) is 0 Å². The molecule has 1 atom stereocenters. The average molecular weight is 277 g/mol. The van der Waals surface area contributed by atoms with Crippen LogP contribution in [0.15, 0.2) is 36.5 Å². The van der Waals surface area contributed by atoms with Crippen LogP contribution in [0, 0.1) is 0 Å². The highest BCUT2D eigenvalue weighted by molar-refractivity contribution is 5.94. The van der Waals surface area contributed by atoms with E-state index in [0.717, 1.165) is 11.4 Å². The monoisotopic (exact) mass is 277 g/mol. The van der Waals surface area contributed by atoms with E-state index in [1.165, 1.54) is 12.3 Å².